The van der Waals surface area contributed by atoms with Crippen LogP contribution < -0.4 is 26.7 Å². The molecule has 10 rings (SSSR count). The first-order chi connectivity index (χ1) is 28.3. The number of fused-ring (bicyclic) bond motifs is 3. The van der Waals surface area contributed by atoms with Gasteiger partial charge in [0.15, 0.2) is 11.4 Å². The van der Waals surface area contributed by atoms with E-state index in [2.05, 4.69) is 21.5 Å². The number of amides is 1. The van der Waals surface area contributed by atoms with E-state index in [-0.39, 0.29) is 49.8 Å². The molecule has 0 spiro atoms. The van der Waals surface area contributed by atoms with E-state index in [1.165, 1.54) is 0 Å². The van der Waals surface area contributed by atoms with E-state index in [1.54, 1.807) is 49.1 Å². The number of carbonyl (C=O) groups excluding carboxylic acids is 1. The number of benzene rings is 4. The molecular weight excluding hydrogens is 795 g/mol. The maximum atomic E-state index is 13.8. The standard InChI is InChI=1S/C26H21ClN6O2.C19H17ClN2O.2CH4/c27-18-10-4-7-16-15-20(33(26(35)21(16)18)17-8-2-1-3-9-17)19-11-5-13-31(19)25(34)22-23(28)30-32-14-6-12-29-24(22)32;20-15-9-4-6-13-12-17(16-10-5-11-21-16)22(19(23)18(13)15)14-7-2-1-3-8-14;;/h1-4,6-10,12,14-15,19H,5,11,13H2,(H2,28,30);1-4,6-9,12,16,21H,5,10-11H2;2*1H4/p+1/t19-;16-;;/m00../s1. The van der Waals surface area contributed by atoms with Gasteiger partial charge >= 0.3 is 5.65 Å². The molecule has 13 heteroatoms. The van der Waals surface area contributed by atoms with Crippen molar-refractivity contribution in [2.24, 2.45) is 0 Å². The lowest BCUT2D eigenvalue weighted by atomic mass is 10.0. The molecular formula is C47H47Cl2N8O3+. The third kappa shape index (κ3) is 7.44. The Morgan fingerprint density at radius 1 is 0.733 bits per heavy atom. The number of nitrogens with two attached hydrogens (primary N) is 1. The van der Waals surface area contributed by atoms with Crippen molar-refractivity contribution in [1.29, 1.82) is 0 Å². The fourth-order valence-corrected chi connectivity index (χ4v) is 8.95. The van der Waals surface area contributed by atoms with Crippen LogP contribution in [-0.2, 0) is 0 Å². The molecule has 0 saturated carbocycles. The van der Waals surface area contributed by atoms with Crippen molar-refractivity contribution in [3.63, 3.8) is 0 Å². The molecule has 2 fully saturated rings. The fourth-order valence-electron chi connectivity index (χ4n) is 8.43. The Morgan fingerprint density at radius 2 is 1.32 bits per heavy atom. The summed E-state index contributed by atoms with van der Waals surface area (Å²) in [6.45, 7) is 1.53. The minimum atomic E-state index is -0.322. The molecule has 0 unspecified atom stereocenters. The molecule has 1 amide bonds. The summed E-state index contributed by atoms with van der Waals surface area (Å²) in [5.74, 6) is 0.0331. The number of nitrogens with zero attached hydrogens (tertiary/aromatic N) is 5. The van der Waals surface area contributed by atoms with Crippen LogP contribution in [0.15, 0.2) is 137 Å². The lowest BCUT2D eigenvalue weighted by Gasteiger charge is -2.27. The van der Waals surface area contributed by atoms with Crippen LogP contribution in [0.2, 0.25) is 10.0 Å². The van der Waals surface area contributed by atoms with Crippen LogP contribution in [0.3, 0.4) is 0 Å². The van der Waals surface area contributed by atoms with Crippen LogP contribution in [0.1, 0.15) is 74.4 Å². The highest BCUT2D eigenvalue weighted by Crippen LogP contribution is 2.37. The smallest absolute Gasteiger partial charge is 0.363 e. The van der Waals surface area contributed by atoms with Crippen LogP contribution >= 0.6 is 23.2 Å². The first-order valence-corrected chi connectivity index (χ1v) is 20.0. The van der Waals surface area contributed by atoms with E-state index in [4.69, 9.17) is 28.9 Å². The maximum Gasteiger partial charge on any atom is 0.363 e. The van der Waals surface area contributed by atoms with Crippen LogP contribution in [0, 0.1) is 0 Å². The summed E-state index contributed by atoms with van der Waals surface area (Å²) in [5.41, 5.74) is 10.1. The molecule has 2 saturated heterocycles. The number of halogens is 2. The largest absolute Gasteiger partial charge is 0.382 e. The number of H-pyrrole nitrogens is 1. The summed E-state index contributed by atoms with van der Waals surface area (Å²) in [7, 11) is 0. The van der Waals surface area contributed by atoms with Gasteiger partial charge < -0.3 is 16.0 Å². The van der Waals surface area contributed by atoms with Crippen molar-refractivity contribution in [3.8, 4) is 11.4 Å². The molecule has 2 aliphatic rings. The lowest BCUT2D eigenvalue weighted by molar-refractivity contribution is -0.577. The molecule has 60 heavy (non-hydrogen) atoms. The van der Waals surface area contributed by atoms with Crippen LogP contribution in [0.4, 0.5) is 5.82 Å². The van der Waals surface area contributed by atoms with Crippen molar-refractivity contribution in [3.05, 3.63) is 175 Å². The maximum absolute atomic E-state index is 13.8. The summed E-state index contributed by atoms with van der Waals surface area (Å²) in [6.07, 6.45) is 7.07. The Balaban J connectivity index is 0.000000190. The number of para-hydroxylation sites is 2. The second kappa shape index (κ2) is 17.5. The summed E-state index contributed by atoms with van der Waals surface area (Å²) in [5, 5.41) is 10.1. The van der Waals surface area contributed by atoms with E-state index >= 15 is 0 Å². The number of nitrogens with one attached hydrogen (secondary N) is 2. The molecule has 2 atom stereocenters. The number of carbonyl (C=O) groups is 1. The number of pyridine rings is 2. The first-order valence-electron chi connectivity index (χ1n) is 19.3. The number of hydrogen-bond donors (Lipinski definition) is 3. The zero-order chi connectivity index (χ0) is 39.9. The average molecular weight is 843 g/mol. The SMILES string of the molecule is C.C.Nc1[nH][n+]2cccnc2c1C(=O)N1CCC[C@H]1c1cc2cccc(Cl)c2c(=O)n1-c1ccccc1.O=c1c2c(Cl)cccc2cc([C@@H]2CCCN2)n1-c1ccccc1. The number of nitrogen functional groups attached to an aromatic ring is 1. The van der Waals surface area contributed by atoms with E-state index in [0.29, 0.717) is 45.0 Å². The van der Waals surface area contributed by atoms with E-state index in [0.717, 1.165) is 59.3 Å². The van der Waals surface area contributed by atoms with Gasteiger partial charge in [-0.2, -0.15) is 0 Å². The van der Waals surface area contributed by atoms with Gasteiger partial charge in [-0.15, -0.1) is 4.52 Å². The molecule has 0 aliphatic carbocycles. The monoisotopic (exact) mass is 841 g/mol. The average Bonchev–Trinajstić information content (AvgIpc) is 4.02. The van der Waals surface area contributed by atoms with Gasteiger partial charge in [0, 0.05) is 41.4 Å². The zero-order valence-corrected chi connectivity index (χ0v) is 32.8. The highest BCUT2D eigenvalue weighted by molar-refractivity contribution is 6.35. The van der Waals surface area contributed by atoms with Gasteiger partial charge in [-0.25, -0.2) is 5.10 Å². The van der Waals surface area contributed by atoms with Gasteiger partial charge in [0.2, 0.25) is 0 Å². The molecule has 6 heterocycles. The van der Waals surface area contributed by atoms with Gasteiger partial charge in [-0.1, -0.05) is 98.7 Å². The number of hydrogen-bond acceptors (Lipinski definition) is 6. The molecule has 4 N–H and O–H groups in total. The molecule has 0 radical (unpaired) electrons. The Hall–Kier alpha value is -6.27. The van der Waals surface area contributed by atoms with Crippen LogP contribution in [-0.4, -0.2) is 43.1 Å². The van der Waals surface area contributed by atoms with Gasteiger partial charge in [-0.05, 0) is 96.5 Å². The topological polar surface area (TPSA) is 135 Å². The number of anilines is 1. The van der Waals surface area contributed by atoms with E-state index in [9.17, 15) is 14.4 Å². The predicted molar refractivity (Wildman–Crippen MR) is 242 cm³/mol. The molecule has 8 aromatic rings. The number of aromatic amines is 1. The Morgan fingerprint density at radius 3 is 1.90 bits per heavy atom. The minimum Gasteiger partial charge on any atom is -0.382 e. The van der Waals surface area contributed by atoms with Gasteiger partial charge in [0.05, 0.1) is 26.9 Å². The molecule has 4 aromatic carbocycles. The highest BCUT2D eigenvalue weighted by Gasteiger charge is 2.37. The summed E-state index contributed by atoms with van der Waals surface area (Å²) in [6, 6.07) is 35.9. The van der Waals surface area contributed by atoms with Gasteiger partial charge in [-0.3, -0.25) is 23.5 Å². The normalized spacial score (nSPS) is 16.0. The van der Waals surface area contributed by atoms with Crippen molar-refractivity contribution in [1.82, 2.24) is 29.4 Å². The quantitative estimate of drug-likeness (QED) is 0.148. The fraction of sp³-hybridized carbons (Fsp3) is 0.213. The number of rotatable bonds is 5. The van der Waals surface area contributed by atoms with Crippen LogP contribution in [0.25, 0.3) is 38.6 Å². The molecule has 0 bridgehead atoms. The minimum absolute atomic E-state index is 0. The summed E-state index contributed by atoms with van der Waals surface area (Å²) >= 11 is 12.8. The van der Waals surface area contributed by atoms with E-state index in [1.807, 2.05) is 91.0 Å². The second-order valence-electron chi connectivity index (χ2n) is 14.5. The van der Waals surface area contributed by atoms with Gasteiger partial charge in [0.1, 0.15) is 12.4 Å². The third-order valence-corrected chi connectivity index (χ3v) is 11.7. The zero-order valence-electron chi connectivity index (χ0n) is 31.3. The van der Waals surface area contributed by atoms with Gasteiger partial charge in [0.25, 0.3) is 17.0 Å². The summed E-state index contributed by atoms with van der Waals surface area (Å²) in [4.78, 5) is 47.0. The second-order valence-corrected chi connectivity index (χ2v) is 15.3. The highest BCUT2D eigenvalue weighted by atomic mass is 35.5. The summed E-state index contributed by atoms with van der Waals surface area (Å²) < 4.78 is 5.11. The van der Waals surface area contributed by atoms with Crippen molar-refractivity contribution in [2.45, 2.75) is 52.6 Å². The molecule has 11 nitrogen and oxygen atoms in total. The number of likely N-dealkylation sites (tertiary alicyclic amines) is 1. The molecule has 4 aromatic heterocycles. The van der Waals surface area contributed by atoms with Crippen molar-refractivity contribution < 1.29 is 9.31 Å². The molecule has 2 aliphatic heterocycles. The Kier molecular flexibility index (Phi) is 12.2. The lowest BCUT2D eigenvalue weighted by Crippen LogP contribution is -2.35. The molecule has 306 valence electrons. The third-order valence-electron chi connectivity index (χ3n) is 11.0. The van der Waals surface area contributed by atoms with Crippen LogP contribution in [0.5, 0.6) is 0 Å². The van der Waals surface area contributed by atoms with E-state index < -0.39 is 0 Å². The first kappa shape index (κ1) is 41.9. The number of aromatic nitrogens is 5. The Bertz CT molecular complexity index is 2960. The Labute approximate surface area is 357 Å². The van der Waals surface area contributed by atoms with Crippen molar-refractivity contribution in [2.75, 3.05) is 18.8 Å². The van der Waals surface area contributed by atoms with Crippen molar-refractivity contribution >= 4 is 62.1 Å². The predicted octanol–water partition coefficient (Wildman–Crippen LogP) is 9.01.